The zero-order valence-electron chi connectivity index (χ0n) is 17.8. The van der Waals surface area contributed by atoms with Gasteiger partial charge in [0.15, 0.2) is 0 Å². The molecule has 0 radical (unpaired) electrons. The van der Waals surface area contributed by atoms with Crippen LogP contribution in [0.25, 0.3) is 6.08 Å². The molecule has 1 aromatic heterocycles. The summed E-state index contributed by atoms with van der Waals surface area (Å²) >= 11 is 0. The van der Waals surface area contributed by atoms with Crippen molar-refractivity contribution >= 4 is 12.0 Å². The minimum absolute atomic E-state index is 0.174. The van der Waals surface area contributed by atoms with Crippen molar-refractivity contribution in [1.29, 1.82) is 0 Å². The van der Waals surface area contributed by atoms with Crippen molar-refractivity contribution in [3.8, 4) is 11.5 Å². The minimum Gasteiger partial charge on any atom is -0.496 e. The molecule has 0 spiro atoms. The third-order valence-corrected chi connectivity index (χ3v) is 4.72. The van der Waals surface area contributed by atoms with Crippen LogP contribution in [0.4, 0.5) is 0 Å². The van der Waals surface area contributed by atoms with Gasteiger partial charge in [-0.3, -0.25) is 9.48 Å². The summed E-state index contributed by atoms with van der Waals surface area (Å²) in [6, 6.07) is 15.6. The van der Waals surface area contributed by atoms with Gasteiger partial charge in [0.25, 0.3) is 0 Å². The van der Waals surface area contributed by atoms with Crippen molar-refractivity contribution in [1.82, 2.24) is 15.1 Å². The van der Waals surface area contributed by atoms with Gasteiger partial charge in [0, 0.05) is 24.4 Å². The highest BCUT2D eigenvalue weighted by molar-refractivity contribution is 5.91. The lowest BCUT2D eigenvalue weighted by molar-refractivity contribution is -0.116. The molecule has 0 saturated heterocycles. The summed E-state index contributed by atoms with van der Waals surface area (Å²) < 4.78 is 13.1. The first-order chi connectivity index (χ1) is 14.4. The molecule has 3 aromatic rings. The van der Waals surface area contributed by atoms with E-state index in [0.29, 0.717) is 13.2 Å². The lowest BCUT2D eigenvalue weighted by atomic mass is 10.1. The number of carbonyl (C=O) groups is 1. The highest BCUT2D eigenvalue weighted by Crippen LogP contribution is 2.23. The fourth-order valence-electron chi connectivity index (χ4n) is 3.01. The molecular weight excluding hydrogens is 378 g/mol. The Morgan fingerprint density at radius 2 is 2.00 bits per heavy atom. The van der Waals surface area contributed by atoms with E-state index in [-0.39, 0.29) is 5.91 Å². The van der Waals surface area contributed by atoms with E-state index in [0.717, 1.165) is 39.6 Å². The zero-order valence-corrected chi connectivity index (χ0v) is 17.8. The van der Waals surface area contributed by atoms with E-state index >= 15 is 0 Å². The second-order valence-corrected chi connectivity index (χ2v) is 7.13. The van der Waals surface area contributed by atoms with Gasteiger partial charge in [0.05, 0.1) is 19.3 Å². The van der Waals surface area contributed by atoms with Crippen LogP contribution < -0.4 is 14.8 Å². The maximum Gasteiger partial charge on any atom is 0.244 e. The standard InChI is InChI=1S/C24H27N3O3/c1-17-6-5-7-22(12-17)30-16-20-14-19(8-10-23(20)29-4)9-11-24(28)25-15-21-13-18(2)27(3)26-21/h5-14H,15-16H2,1-4H3,(H,25,28)/b11-9+. The zero-order chi connectivity index (χ0) is 21.5. The number of nitrogens with one attached hydrogen (secondary N) is 1. The van der Waals surface area contributed by atoms with Crippen LogP contribution in [0.1, 0.15) is 28.1 Å². The summed E-state index contributed by atoms with van der Waals surface area (Å²) in [6.45, 7) is 4.77. The molecule has 0 bridgehead atoms. The summed E-state index contributed by atoms with van der Waals surface area (Å²) in [5, 5.41) is 7.18. The highest BCUT2D eigenvalue weighted by Gasteiger charge is 2.06. The van der Waals surface area contributed by atoms with Crippen molar-refractivity contribution in [2.75, 3.05) is 7.11 Å². The van der Waals surface area contributed by atoms with Gasteiger partial charge in [0.2, 0.25) is 5.91 Å². The lowest BCUT2D eigenvalue weighted by Crippen LogP contribution is -2.20. The first-order valence-electron chi connectivity index (χ1n) is 9.76. The van der Waals surface area contributed by atoms with Gasteiger partial charge in [-0.2, -0.15) is 5.10 Å². The van der Waals surface area contributed by atoms with Crippen molar-refractivity contribution in [2.45, 2.75) is 27.0 Å². The van der Waals surface area contributed by atoms with Gasteiger partial charge in [-0.15, -0.1) is 0 Å². The van der Waals surface area contributed by atoms with E-state index in [2.05, 4.69) is 10.4 Å². The van der Waals surface area contributed by atoms with E-state index in [1.807, 2.05) is 69.4 Å². The van der Waals surface area contributed by atoms with Crippen molar-refractivity contribution in [3.63, 3.8) is 0 Å². The average Bonchev–Trinajstić information content (AvgIpc) is 3.06. The van der Waals surface area contributed by atoms with E-state index in [4.69, 9.17) is 9.47 Å². The Morgan fingerprint density at radius 1 is 1.17 bits per heavy atom. The third-order valence-electron chi connectivity index (χ3n) is 4.72. The topological polar surface area (TPSA) is 65.4 Å². The average molecular weight is 405 g/mol. The van der Waals surface area contributed by atoms with Gasteiger partial charge in [-0.1, -0.05) is 18.2 Å². The molecule has 1 N–H and O–H groups in total. The fourth-order valence-corrected chi connectivity index (χ4v) is 3.01. The molecular formula is C24H27N3O3. The molecule has 6 nitrogen and oxygen atoms in total. The predicted molar refractivity (Wildman–Crippen MR) is 117 cm³/mol. The molecule has 6 heteroatoms. The Balaban J connectivity index is 1.62. The molecule has 0 saturated carbocycles. The Morgan fingerprint density at radius 3 is 2.70 bits per heavy atom. The second-order valence-electron chi connectivity index (χ2n) is 7.13. The number of ether oxygens (including phenoxy) is 2. The monoisotopic (exact) mass is 405 g/mol. The molecule has 0 aliphatic heterocycles. The number of methoxy groups -OCH3 is 1. The number of hydrogen-bond donors (Lipinski definition) is 1. The molecule has 0 atom stereocenters. The summed E-state index contributed by atoms with van der Waals surface area (Å²) in [5.74, 6) is 1.38. The number of rotatable bonds is 8. The first kappa shape index (κ1) is 21.2. The fraction of sp³-hybridized carbons (Fsp3) is 0.250. The molecule has 0 aliphatic carbocycles. The van der Waals surface area contributed by atoms with Crippen LogP contribution in [0.2, 0.25) is 0 Å². The van der Waals surface area contributed by atoms with Gasteiger partial charge in [0.1, 0.15) is 18.1 Å². The highest BCUT2D eigenvalue weighted by atomic mass is 16.5. The van der Waals surface area contributed by atoms with Crippen LogP contribution in [0, 0.1) is 13.8 Å². The smallest absolute Gasteiger partial charge is 0.244 e. The van der Waals surface area contributed by atoms with Crippen molar-refractivity contribution in [3.05, 3.63) is 82.7 Å². The number of hydrogen-bond acceptors (Lipinski definition) is 4. The summed E-state index contributed by atoms with van der Waals surface area (Å²) in [6.07, 6.45) is 3.29. The Bertz CT molecular complexity index is 1030. The van der Waals surface area contributed by atoms with Crippen LogP contribution in [0.3, 0.4) is 0 Å². The van der Waals surface area contributed by atoms with Crippen LogP contribution in [0.5, 0.6) is 11.5 Å². The largest absolute Gasteiger partial charge is 0.496 e. The van der Waals surface area contributed by atoms with E-state index in [9.17, 15) is 4.79 Å². The molecule has 156 valence electrons. The molecule has 1 heterocycles. The number of carbonyl (C=O) groups excluding carboxylic acids is 1. The predicted octanol–water partition coefficient (Wildman–Crippen LogP) is 3.95. The van der Waals surface area contributed by atoms with Gasteiger partial charge < -0.3 is 14.8 Å². The quantitative estimate of drug-likeness (QED) is 0.576. The Labute approximate surface area is 177 Å². The molecule has 3 rings (SSSR count). The number of aromatic nitrogens is 2. The molecule has 2 aromatic carbocycles. The number of nitrogens with zero attached hydrogens (tertiary/aromatic N) is 2. The van der Waals surface area contributed by atoms with Crippen LogP contribution in [0.15, 0.2) is 54.6 Å². The maximum atomic E-state index is 12.2. The molecule has 0 fully saturated rings. The molecule has 30 heavy (non-hydrogen) atoms. The third kappa shape index (κ3) is 5.73. The number of benzene rings is 2. The normalized spacial score (nSPS) is 10.9. The van der Waals surface area contributed by atoms with Crippen LogP contribution >= 0.6 is 0 Å². The van der Waals surface area contributed by atoms with Gasteiger partial charge in [-0.05, 0) is 61.4 Å². The molecule has 0 aliphatic rings. The van der Waals surface area contributed by atoms with Crippen LogP contribution in [-0.2, 0) is 25.0 Å². The van der Waals surface area contributed by atoms with E-state index < -0.39 is 0 Å². The van der Waals surface area contributed by atoms with Gasteiger partial charge in [-0.25, -0.2) is 0 Å². The van der Waals surface area contributed by atoms with Crippen molar-refractivity contribution < 1.29 is 14.3 Å². The van der Waals surface area contributed by atoms with Crippen LogP contribution in [-0.4, -0.2) is 22.8 Å². The minimum atomic E-state index is -0.174. The maximum absolute atomic E-state index is 12.2. The Hall–Kier alpha value is -3.54. The summed E-state index contributed by atoms with van der Waals surface area (Å²) in [7, 11) is 3.51. The second kappa shape index (κ2) is 9.78. The number of amides is 1. The van der Waals surface area contributed by atoms with Gasteiger partial charge >= 0.3 is 0 Å². The summed E-state index contributed by atoms with van der Waals surface area (Å²) in [4.78, 5) is 12.2. The Kier molecular flexibility index (Phi) is 6.91. The molecule has 0 unspecified atom stereocenters. The molecule has 1 amide bonds. The lowest BCUT2D eigenvalue weighted by Gasteiger charge is -2.11. The van der Waals surface area contributed by atoms with E-state index in [1.54, 1.807) is 17.9 Å². The SMILES string of the molecule is COc1ccc(/C=C/C(=O)NCc2cc(C)n(C)n2)cc1COc1cccc(C)c1. The summed E-state index contributed by atoms with van der Waals surface area (Å²) in [5.41, 5.74) is 4.82. The first-order valence-corrected chi connectivity index (χ1v) is 9.76. The number of aryl methyl sites for hydroxylation is 3. The van der Waals surface area contributed by atoms with Crippen molar-refractivity contribution in [2.24, 2.45) is 7.05 Å². The van der Waals surface area contributed by atoms with E-state index in [1.165, 1.54) is 6.08 Å².